The molecular weight excluding hydrogens is 972 g/mol. The van der Waals surface area contributed by atoms with E-state index in [1.807, 2.05) is 0 Å². The number of fused-ring (bicyclic) bond motifs is 11. The van der Waals surface area contributed by atoms with Crippen molar-refractivity contribution in [2.75, 3.05) is 10.2 Å². The van der Waals surface area contributed by atoms with Crippen LogP contribution in [0.25, 0.3) is 88.0 Å². The number of hydrogen-bond acceptors (Lipinski definition) is 4. The molecule has 3 heterocycles. The van der Waals surface area contributed by atoms with Crippen LogP contribution in [0.4, 0.5) is 28.4 Å². The Labute approximate surface area is 470 Å². The van der Waals surface area contributed by atoms with Crippen LogP contribution in [0.15, 0.2) is 191 Å². The molecule has 0 amide bonds. The minimum atomic E-state index is 0.0534. The fraction of sp³-hybridized carbons (Fsp3) is 0.227. The number of furan rings is 2. The first-order valence-corrected chi connectivity index (χ1v) is 28.9. The summed E-state index contributed by atoms with van der Waals surface area (Å²) < 4.78 is 14.2. The predicted molar refractivity (Wildman–Crippen MR) is 340 cm³/mol. The van der Waals surface area contributed by atoms with Crippen LogP contribution in [0.3, 0.4) is 0 Å². The van der Waals surface area contributed by atoms with E-state index in [0.29, 0.717) is 0 Å². The molecule has 2 aliphatic carbocycles. The molecule has 1 radical (unpaired) electrons. The van der Waals surface area contributed by atoms with Crippen molar-refractivity contribution < 1.29 is 8.83 Å². The monoisotopic (exact) mass is 1040 g/mol. The molecule has 391 valence electrons. The Hall–Kier alpha value is -8.28. The summed E-state index contributed by atoms with van der Waals surface area (Å²) in [5.74, 6) is 0. The molecule has 10 aromatic carbocycles. The zero-order valence-corrected chi connectivity index (χ0v) is 47.5. The van der Waals surface area contributed by atoms with Crippen LogP contribution < -0.4 is 21.1 Å². The summed E-state index contributed by atoms with van der Waals surface area (Å²) in [4.78, 5) is 2.49. The summed E-state index contributed by atoms with van der Waals surface area (Å²) in [6.07, 6.45) is 4.60. The smallest absolute Gasteiger partial charge is 0.197 e. The molecular formula is C75H66BN2O2. The molecule has 1 N–H and O–H groups in total. The van der Waals surface area contributed by atoms with E-state index in [1.165, 1.54) is 66.1 Å². The summed E-state index contributed by atoms with van der Waals surface area (Å²) in [6.45, 7) is 21.4. The molecule has 0 bridgehead atoms. The van der Waals surface area contributed by atoms with Gasteiger partial charge in [0, 0.05) is 67.7 Å². The SMILES string of the molecule is Cc1ccccc1-c1cc(-c2cc3ccccc3cc2Nc2ccc(-c3ccccc3)cc2)c2c(c1)N(c1ccc3c(c1)oc1cc4c(cc13)C(C)(C)CCC4(C)C)c1cc3oc4cc5c(cc4c3cc1[B]2)C(C)(C)CCC5(C)C. The molecule has 1 aliphatic heterocycles. The second-order valence-corrected chi connectivity index (χ2v) is 26.2. The molecule has 3 aliphatic rings. The summed E-state index contributed by atoms with van der Waals surface area (Å²) in [6, 6.07) is 67.8. The molecule has 5 heteroatoms. The van der Waals surface area contributed by atoms with Gasteiger partial charge in [0.2, 0.25) is 0 Å². The molecule has 12 aromatic rings. The van der Waals surface area contributed by atoms with Gasteiger partial charge in [0.1, 0.15) is 22.3 Å². The van der Waals surface area contributed by atoms with Crippen LogP contribution >= 0.6 is 0 Å². The number of benzene rings is 10. The van der Waals surface area contributed by atoms with E-state index in [9.17, 15) is 0 Å². The average Bonchev–Trinajstić information content (AvgIpc) is 4.20. The first-order valence-electron chi connectivity index (χ1n) is 28.9. The highest BCUT2D eigenvalue weighted by molar-refractivity contribution is 6.73. The van der Waals surface area contributed by atoms with E-state index in [0.717, 1.165) is 115 Å². The lowest BCUT2D eigenvalue weighted by molar-refractivity contribution is 0.332. The van der Waals surface area contributed by atoms with Gasteiger partial charge in [0.15, 0.2) is 7.28 Å². The molecule has 0 unspecified atom stereocenters. The lowest BCUT2D eigenvalue weighted by atomic mass is 9.57. The molecule has 4 nitrogen and oxygen atoms in total. The van der Waals surface area contributed by atoms with Gasteiger partial charge < -0.3 is 19.1 Å². The fourth-order valence-corrected chi connectivity index (χ4v) is 14.1. The van der Waals surface area contributed by atoms with Gasteiger partial charge in [-0.1, -0.05) is 158 Å². The number of aryl methyl sites for hydroxylation is 1. The van der Waals surface area contributed by atoms with E-state index in [-0.39, 0.29) is 21.7 Å². The lowest BCUT2D eigenvalue weighted by Gasteiger charge is -2.41. The zero-order valence-electron chi connectivity index (χ0n) is 47.5. The number of nitrogens with one attached hydrogen (secondary N) is 1. The molecule has 2 aromatic heterocycles. The molecule has 0 fully saturated rings. The van der Waals surface area contributed by atoms with Crippen LogP contribution in [0.2, 0.25) is 0 Å². The van der Waals surface area contributed by atoms with Crippen molar-refractivity contribution in [2.45, 2.75) is 110 Å². The maximum Gasteiger partial charge on any atom is 0.197 e. The minimum absolute atomic E-state index is 0.0534. The van der Waals surface area contributed by atoms with Crippen molar-refractivity contribution in [2.24, 2.45) is 0 Å². The third kappa shape index (κ3) is 7.71. The van der Waals surface area contributed by atoms with Crippen LogP contribution in [-0.4, -0.2) is 7.28 Å². The standard InChI is InChI=1S/C75H66BN2O2/c1-44-17-13-16-22-52(44)49-34-58(54-33-47-20-14-15-21-48(47)35-64(54)77-50-25-23-46(24-26-50)45-18-11-10-12-19-45)71-66(36-49)78(51-27-28-53-55-38-59-61(41-68(55)79-67(53)37-51)74(6,7)31-29-72(59,2)3)65-43-70-57(40-63(65)76-71)56-39-60-62(42-69(56)80-70)75(8,9)32-30-73(60,4)5/h10-28,33-43,77H,29-32H2,1-9H3. The van der Waals surface area contributed by atoms with Gasteiger partial charge in [-0.2, -0.15) is 0 Å². The average molecular weight is 1040 g/mol. The molecule has 0 spiro atoms. The number of rotatable bonds is 6. The maximum atomic E-state index is 7.09. The van der Waals surface area contributed by atoms with Gasteiger partial charge in [-0.05, 0) is 199 Å². The number of hydrogen-bond donors (Lipinski definition) is 1. The Morgan fingerprint density at radius 1 is 0.412 bits per heavy atom. The van der Waals surface area contributed by atoms with Gasteiger partial charge in [0.25, 0.3) is 0 Å². The van der Waals surface area contributed by atoms with Crippen molar-refractivity contribution in [3.05, 3.63) is 210 Å². The van der Waals surface area contributed by atoms with Crippen molar-refractivity contribution >= 4 is 101 Å². The van der Waals surface area contributed by atoms with Crippen molar-refractivity contribution in [1.82, 2.24) is 0 Å². The van der Waals surface area contributed by atoms with Crippen LogP contribution in [-0.2, 0) is 21.7 Å². The quantitative estimate of drug-likeness (QED) is 0.169. The Kier molecular flexibility index (Phi) is 10.6. The van der Waals surface area contributed by atoms with Gasteiger partial charge in [-0.15, -0.1) is 0 Å². The second kappa shape index (κ2) is 17.4. The number of nitrogens with zero attached hydrogens (tertiary/aromatic N) is 1. The van der Waals surface area contributed by atoms with Gasteiger partial charge >= 0.3 is 0 Å². The topological polar surface area (TPSA) is 41.5 Å². The van der Waals surface area contributed by atoms with Crippen molar-refractivity contribution in [3.63, 3.8) is 0 Å². The molecule has 15 rings (SSSR count). The van der Waals surface area contributed by atoms with E-state index < -0.39 is 0 Å². The first-order chi connectivity index (χ1) is 38.5. The van der Waals surface area contributed by atoms with E-state index in [1.54, 1.807) is 0 Å². The van der Waals surface area contributed by atoms with E-state index >= 15 is 0 Å². The fourth-order valence-electron chi connectivity index (χ4n) is 14.1. The minimum Gasteiger partial charge on any atom is -0.456 e. The highest BCUT2D eigenvalue weighted by atomic mass is 16.3. The van der Waals surface area contributed by atoms with Crippen LogP contribution in [0, 0.1) is 6.92 Å². The highest BCUT2D eigenvalue weighted by Gasteiger charge is 2.40. The van der Waals surface area contributed by atoms with Crippen molar-refractivity contribution in [3.8, 4) is 33.4 Å². The lowest BCUT2D eigenvalue weighted by Crippen LogP contribution is -2.41. The zero-order chi connectivity index (χ0) is 54.6. The van der Waals surface area contributed by atoms with Crippen molar-refractivity contribution in [1.29, 1.82) is 0 Å². The predicted octanol–water partition coefficient (Wildman–Crippen LogP) is 19.8. The molecule has 80 heavy (non-hydrogen) atoms. The molecule has 0 saturated heterocycles. The van der Waals surface area contributed by atoms with E-state index in [4.69, 9.17) is 8.83 Å². The molecule has 0 atom stereocenters. The van der Waals surface area contributed by atoms with Crippen LogP contribution in [0.5, 0.6) is 0 Å². The Balaban J connectivity index is 0.986. The number of anilines is 5. The van der Waals surface area contributed by atoms with Gasteiger partial charge in [0.05, 0.1) is 0 Å². The third-order valence-corrected chi connectivity index (χ3v) is 19.1. The van der Waals surface area contributed by atoms with Gasteiger partial charge in [-0.25, -0.2) is 0 Å². The normalized spacial score (nSPS) is 16.6. The third-order valence-electron chi connectivity index (χ3n) is 19.1. The summed E-state index contributed by atoms with van der Waals surface area (Å²) >= 11 is 0. The Morgan fingerprint density at radius 2 is 0.950 bits per heavy atom. The molecule has 0 saturated carbocycles. The first kappa shape index (κ1) is 48.8. The highest BCUT2D eigenvalue weighted by Crippen LogP contribution is 2.52. The summed E-state index contributed by atoms with van der Waals surface area (Å²) in [5.41, 5.74) is 25.3. The van der Waals surface area contributed by atoms with E-state index in [2.05, 4.69) is 262 Å². The van der Waals surface area contributed by atoms with Crippen LogP contribution in [0.1, 0.15) is 109 Å². The Morgan fingerprint density at radius 3 is 1.60 bits per heavy atom. The Bertz CT molecular complexity index is 4550. The summed E-state index contributed by atoms with van der Waals surface area (Å²) in [7, 11) is 2.45. The van der Waals surface area contributed by atoms with Gasteiger partial charge in [-0.3, -0.25) is 0 Å². The second-order valence-electron chi connectivity index (χ2n) is 26.2. The maximum absolute atomic E-state index is 7.09. The summed E-state index contributed by atoms with van der Waals surface area (Å²) in [5, 5.41) is 10.9. The largest absolute Gasteiger partial charge is 0.456 e.